The van der Waals surface area contributed by atoms with Gasteiger partial charge in [0.1, 0.15) is 0 Å². The second-order valence-electron chi connectivity index (χ2n) is 5.68. The SMILES string of the molecule is COCCN1C[C@@H](NC(=O)Cc2cccc(C(F)(F)F)c2)CC1=O. The first kappa shape index (κ1) is 18.3. The Morgan fingerprint density at radius 3 is 2.83 bits per heavy atom. The highest BCUT2D eigenvalue weighted by Crippen LogP contribution is 2.29. The summed E-state index contributed by atoms with van der Waals surface area (Å²) in [4.78, 5) is 25.4. The number of amides is 2. The highest BCUT2D eigenvalue weighted by Gasteiger charge is 2.31. The summed E-state index contributed by atoms with van der Waals surface area (Å²) in [6.07, 6.45) is -4.41. The molecule has 1 fully saturated rings. The van der Waals surface area contributed by atoms with Gasteiger partial charge in [0, 0.05) is 26.6 Å². The Morgan fingerprint density at radius 1 is 1.42 bits per heavy atom. The monoisotopic (exact) mass is 344 g/mol. The molecule has 1 aromatic carbocycles. The van der Waals surface area contributed by atoms with Crippen molar-refractivity contribution < 1.29 is 27.5 Å². The van der Waals surface area contributed by atoms with Crippen LogP contribution in [0, 0.1) is 0 Å². The molecule has 0 radical (unpaired) electrons. The summed E-state index contributed by atoms with van der Waals surface area (Å²) in [5.74, 6) is -0.475. The van der Waals surface area contributed by atoms with E-state index < -0.39 is 17.6 Å². The van der Waals surface area contributed by atoms with Gasteiger partial charge < -0.3 is 15.0 Å². The standard InChI is InChI=1S/C16H19F3N2O3/c1-24-6-5-21-10-13(9-15(21)23)20-14(22)8-11-3-2-4-12(7-11)16(17,18)19/h2-4,7,13H,5-6,8-10H2,1H3,(H,20,22)/t13-/m0/s1. The number of benzene rings is 1. The van der Waals surface area contributed by atoms with Gasteiger partial charge in [0.05, 0.1) is 24.6 Å². The maximum Gasteiger partial charge on any atom is 0.416 e. The van der Waals surface area contributed by atoms with Crippen LogP contribution >= 0.6 is 0 Å². The molecule has 0 unspecified atom stereocenters. The Hall–Kier alpha value is -2.09. The van der Waals surface area contributed by atoms with Crippen molar-refractivity contribution in [1.29, 1.82) is 0 Å². The van der Waals surface area contributed by atoms with Gasteiger partial charge in [-0.2, -0.15) is 13.2 Å². The van der Waals surface area contributed by atoms with Crippen LogP contribution in [0.15, 0.2) is 24.3 Å². The van der Waals surface area contributed by atoms with Crippen LogP contribution in [0.3, 0.4) is 0 Å². The van der Waals surface area contributed by atoms with Crippen molar-refractivity contribution in [3.8, 4) is 0 Å². The number of carbonyl (C=O) groups is 2. The number of alkyl halides is 3. The van der Waals surface area contributed by atoms with E-state index in [9.17, 15) is 22.8 Å². The molecule has 132 valence electrons. The fourth-order valence-corrected chi connectivity index (χ4v) is 2.61. The zero-order chi connectivity index (χ0) is 17.7. The number of ether oxygens (including phenoxy) is 1. The van der Waals surface area contributed by atoms with Gasteiger partial charge in [-0.25, -0.2) is 0 Å². The number of nitrogens with zero attached hydrogens (tertiary/aromatic N) is 1. The lowest BCUT2D eigenvalue weighted by molar-refractivity contribution is -0.137. The predicted octanol–water partition coefficient (Wildman–Crippen LogP) is 1.61. The number of halogens is 3. The topological polar surface area (TPSA) is 58.6 Å². The molecule has 1 aromatic rings. The lowest BCUT2D eigenvalue weighted by Gasteiger charge is -2.16. The van der Waals surface area contributed by atoms with Crippen LogP contribution in [0.5, 0.6) is 0 Å². The molecule has 1 N–H and O–H groups in total. The summed E-state index contributed by atoms with van der Waals surface area (Å²) in [5.41, 5.74) is -0.502. The maximum atomic E-state index is 12.7. The number of nitrogens with one attached hydrogen (secondary N) is 1. The lowest BCUT2D eigenvalue weighted by Crippen LogP contribution is -2.38. The van der Waals surface area contributed by atoms with E-state index in [1.54, 1.807) is 4.90 Å². The second kappa shape index (κ2) is 7.65. The summed E-state index contributed by atoms with van der Waals surface area (Å²) in [5, 5.41) is 2.70. The zero-order valence-corrected chi connectivity index (χ0v) is 13.2. The Balaban J connectivity index is 1.89. The minimum Gasteiger partial charge on any atom is -0.383 e. The van der Waals surface area contributed by atoms with Gasteiger partial charge in [-0.3, -0.25) is 9.59 Å². The van der Waals surface area contributed by atoms with Gasteiger partial charge in [0.2, 0.25) is 11.8 Å². The molecule has 2 rings (SSSR count). The molecule has 1 saturated heterocycles. The van der Waals surface area contributed by atoms with Crippen LogP contribution in [-0.4, -0.2) is 49.6 Å². The van der Waals surface area contributed by atoms with Crippen LogP contribution in [0.4, 0.5) is 13.2 Å². The third-order valence-corrected chi connectivity index (χ3v) is 3.76. The van der Waals surface area contributed by atoms with Crippen LogP contribution < -0.4 is 5.32 Å². The van der Waals surface area contributed by atoms with E-state index >= 15 is 0 Å². The van der Waals surface area contributed by atoms with Gasteiger partial charge >= 0.3 is 6.18 Å². The molecule has 0 spiro atoms. The van der Waals surface area contributed by atoms with Crippen molar-refractivity contribution in [3.05, 3.63) is 35.4 Å². The fraction of sp³-hybridized carbons (Fsp3) is 0.500. The van der Waals surface area contributed by atoms with Crippen molar-refractivity contribution in [2.75, 3.05) is 26.8 Å². The van der Waals surface area contributed by atoms with Gasteiger partial charge in [0.15, 0.2) is 0 Å². The quantitative estimate of drug-likeness (QED) is 0.853. The average Bonchev–Trinajstić information content (AvgIpc) is 2.84. The van der Waals surface area contributed by atoms with E-state index in [2.05, 4.69) is 5.32 Å². The molecule has 1 heterocycles. The smallest absolute Gasteiger partial charge is 0.383 e. The van der Waals surface area contributed by atoms with E-state index in [0.29, 0.717) is 19.7 Å². The molecule has 0 bridgehead atoms. The summed E-state index contributed by atoms with van der Waals surface area (Å²) >= 11 is 0. The second-order valence-corrected chi connectivity index (χ2v) is 5.68. The molecule has 1 atom stereocenters. The molecular weight excluding hydrogens is 325 g/mol. The van der Waals surface area contributed by atoms with Crippen molar-refractivity contribution in [2.45, 2.75) is 25.1 Å². The summed E-state index contributed by atoms with van der Waals surface area (Å²) in [6, 6.07) is 4.35. The molecule has 8 heteroatoms. The Kier molecular flexibility index (Phi) is 5.82. The number of carbonyl (C=O) groups excluding carboxylic acids is 2. The Labute approximate surface area is 137 Å². The first-order valence-electron chi connectivity index (χ1n) is 7.52. The molecule has 1 aliphatic rings. The minimum absolute atomic E-state index is 0.0728. The van der Waals surface area contributed by atoms with Crippen molar-refractivity contribution in [2.24, 2.45) is 0 Å². The number of hydrogen-bond donors (Lipinski definition) is 1. The number of hydrogen-bond acceptors (Lipinski definition) is 3. The van der Waals surface area contributed by atoms with E-state index in [1.165, 1.54) is 19.2 Å². The third-order valence-electron chi connectivity index (χ3n) is 3.76. The summed E-state index contributed by atoms with van der Waals surface area (Å²) < 4.78 is 42.9. The predicted molar refractivity (Wildman–Crippen MR) is 80.2 cm³/mol. The summed E-state index contributed by atoms with van der Waals surface area (Å²) in [7, 11) is 1.54. The van der Waals surface area contributed by atoms with Gasteiger partial charge in [-0.1, -0.05) is 18.2 Å². The number of methoxy groups -OCH3 is 1. The van der Waals surface area contributed by atoms with E-state index in [1.807, 2.05) is 0 Å². The summed E-state index contributed by atoms with van der Waals surface area (Å²) in [6.45, 7) is 1.25. The molecule has 0 aromatic heterocycles. The van der Waals surface area contributed by atoms with Gasteiger partial charge in [0.25, 0.3) is 0 Å². The largest absolute Gasteiger partial charge is 0.416 e. The number of rotatable bonds is 6. The van der Waals surface area contributed by atoms with Gasteiger partial charge in [-0.05, 0) is 11.6 Å². The van der Waals surface area contributed by atoms with Crippen LogP contribution in [0.25, 0.3) is 0 Å². The molecule has 1 aliphatic heterocycles. The van der Waals surface area contributed by atoms with Crippen LogP contribution in [-0.2, 0) is 26.9 Å². The van der Waals surface area contributed by atoms with Gasteiger partial charge in [-0.15, -0.1) is 0 Å². The van der Waals surface area contributed by atoms with Crippen molar-refractivity contribution in [1.82, 2.24) is 10.2 Å². The molecule has 2 amide bonds. The minimum atomic E-state index is -4.44. The Bertz CT molecular complexity index is 604. The fourth-order valence-electron chi connectivity index (χ4n) is 2.61. The molecular formula is C16H19F3N2O3. The zero-order valence-electron chi connectivity index (χ0n) is 13.2. The van der Waals surface area contributed by atoms with E-state index in [0.717, 1.165) is 12.1 Å². The van der Waals surface area contributed by atoms with Crippen LogP contribution in [0.2, 0.25) is 0 Å². The Morgan fingerprint density at radius 2 is 2.17 bits per heavy atom. The maximum absolute atomic E-state index is 12.7. The highest BCUT2D eigenvalue weighted by molar-refractivity contribution is 5.83. The lowest BCUT2D eigenvalue weighted by atomic mass is 10.1. The van der Waals surface area contributed by atoms with E-state index in [-0.39, 0.29) is 30.4 Å². The van der Waals surface area contributed by atoms with Crippen LogP contribution in [0.1, 0.15) is 17.5 Å². The third kappa shape index (κ3) is 4.95. The highest BCUT2D eigenvalue weighted by atomic mass is 19.4. The molecule has 0 aliphatic carbocycles. The first-order valence-corrected chi connectivity index (χ1v) is 7.52. The molecule has 24 heavy (non-hydrogen) atoms. The normalized spacial score (nSPS) is 18.1. The van der Waals surface area contributed by atoms with Crippen molar-refractivity contribution in [3.63, 3.8) is 0 Å². The average molecular weight is 344 g/mol. The number of likely N-dealkylation sites (tertiary alicyclic amines) is 1. The first-order chi connectivity index (χ1) is 11.3. The molecule has 5 nitrogen and oxygen atoms in total. The van der Waals surface area contributed by atoms with Crippen molar-refractivity contribution >= 4 is 11.8 Å². The van der Waals surface area contributed by atoms with E-state index in [4.69, 9.17) is 4.74 Å². The molecule has 0 saturated carbocycles.